The molecule has 0 aliphatic carbocycles. The van der Waals surface area contributed by atoms with E-state index in [0.29, 0.717) is 11.1 Å². The highest BCUT2D eigenvalue weighted by Gasteiger charge is 2.20. The molecule has 2 aromatic carbocycles. The van der Waals surface area contributed by atoms with Crippen molar-refractivity contribution in [3.05, 3.63) is 58.9 Å². The fourth-order valence-electron chi connectivity index (χ4n) is 3.64. The molecular formula is C23H28FN5O2. The van der Waals surface area contributed by atoms with Crippen molar-refractivity contribution >= 4 is 5.96 Å². The molecule has 0 saturated carbocycles. The van der Waals surface area contributed by atoms with Gasteiger partial charge in [-0.05, 0) is 35.9 Å². The highest BCUT2D eigenvalue weighted by molar-refractivity contribution is 5.80. The second-order valence-electron chi connectivity index (χ2n) is 7.27. The Kier molecular flexibility index (Phi) is 7.68. The van der Waals surface area contributed by atoms with Crippen molar-refractivity contribution in [2.75, 3.05) is 47.4 Å². The van der Waals surface area contributed by atoms with Gasteiger partial charge in [-0.15, -0.1) is 0 Å². The lowest BCUT2D eigenvalue weighted by Gasteiger charge is -2.36. The number of aliphatic imine (C=N–C) groups is 1. The summed E-state index contributed by atoms with van der Waals surface area (Å²) in [5.74, 6) is 1.85. The molecule has 0 spiro atoms. The third-order valence-corrected chi connectivity index (χ3v) is 5.35. The smallest absolute Gasteiger partial charge is 0.194 e. The molecule has 1 heterocycles. The summed E-state index contributed by atoms with van der Waals surface area (Å²) >= 11 is 0. The van der Waals surface area contributed by atoms with Gasteiger partial charge in [-0.3, -0.25) is 9.89 Å². The highest BCUT2D eigenvalue weighted by Crippen LogP contribution is 2.28. The van der Waals surface area contributed by atoms with Gasteiger partial charge >= 0.3 is 0 Å². The minimum atomic E-state index is -0.332. The van der Waals surface area contributed by atoms with Crippen LogP contribution in [-0.4, -0.2) is 63.2 Å². The van der Waals surface area contributed by atoms with Gasteiger partial charge < -0.3 is 19.7 Å². The second kappa shape index (κ2) is 10.6. The number of guanidine groups is 1. The van der Waals surface area contributed by atoms with Gasteiger partial charge in [0.05, 0.1) is 25.9 Å². The number of piperazine rings is 1. The van der Waals surface area contributed by atoms with Crippen LogP contribution < -0.4 is 14.8 Å². The summed E-state index contributed by atoms with van der Waals surface area (Å²) in [6, 6.07) is 12.4. The molecule has 1 saturated heterocycles. The van der Waals surface area contributed by atoms with Crippen LogP contribution in [0.3, 0.4) is 0 Å². The molecule has 31 heavy (non-hydrogen) atoms. The number of nitrogens with zero attached hydrogens (tertiary/aromatic N) is 4. The quantitative estimate of drug-likeness (QED) is 0.567. The monoisotopic (exact) mass is 425 g/mol. The van der Waals surface area contributed by atoms with Crippen LogP contribution in [0, 0.1) is 17.1 Å². The molecule has 1 N–H and O–H groups in total. The lowest BCUT2D eigenvalue weighted by atomic mass is 10.1. The minimum Gasteiger partial charge on any atom is -0.493 e. The number of nitrogens with one attached hydrogen (secondary N) is 1. The molecule has 0 atom stereocenters. The molecule has 0 aromatic heterocycles. The van der Waals surface area contributed by atoms with E-state index in [1.165, 1.54) is 17.7 Å². The molecular weight excluding hydrogens is 397 g/mol. The average Bonchev–Trinajstić information content (AvgIpc) is 2.81. The summed E-state index contributed by atoms with van der Waals surface area (Å²) in [5, 5.41) is 12.2. The Morgan fingerprint density at radius 1 is 1.10 bits per heavy atom. The summed E-state index contributed by atoms with van der Waals surface area (Å²) in [5.41, 5.74) is 2.06. The van der Waals surface area contributed by atoms with Crippen molar-refractivity contribution in [1.82, 2.24) is 15.1 Å². The number of methoxy groups -OCH3 is 2. The fourth-order valence-corrected chi connectivity index (χ4v) is 3.64. The largest absolute Gasteiger partial charge is 0.493 e. The normalized spacial score (nSPS) is 14.8. The van der Waals surface area contributed by atoms with Crippen LogP contribution in [0.25, 0.3) is 0 Å². The van der Waals surface area contributed by atoms with Gasteiger partial charge in [0.25, 0.3) is 0 Å². The van der Waals surface area contributed by atoms with Gasteiger partial charge in [-0.25, -0.2) is 4.39 Å². The SMILES string of the molecule is CN=C(NCc1cc(C#N)ccc1F)N1CCN(Cc2ccc(OC)c(OC)c2)CC1. The van der Waals surface area contributed by atoms with Crippen LogP contribution in [0.15, 0.2) is 41.4 Å². The summed E-state index contributed by atoms with van der Waals surface area (Å²) in [7, 11) is 4.99. The Morgan fingerprint density at radius 3 is 2.48 bits per heavy atom. The van der Waals surface area contributed by atoms with Crippen molar-refractivity contribution in [3.63, 3.8) is 0 Å². The molecule has 0 unspecified atom stereocenters. The first-order valence-corrected chi connectivity index (χ1v) is 10.1. The Morgan fingerprint density at radius 2 is 1.84 bits per heavy atom. The van der Waals surface area contributed by atoms with E-state index in [9.17, 15) is 4.39 Å². The van der Waals surface area contributed by atoms with Gasteiger partial charge in [-0.2, -0.15) is 5.26 Å². The minimum absolute atomic E-state index is 0.278. The number of nitriles is 1. The van der Waals surface area contributed by atoms with Crippen LogP contribution in [0.1, 0.15) is 16.7 Å². The maximum Gasteiger partial charge on any atom is 0.194 e. The van der Waals surface area contributed by atoms with E-state index in [0.717, 1.165) is 50.2 Å². The maximum atomic E-state index is 14.0. The molecule has 2 aromatic rings. The zero-order valence-corrected chi connectivity index (χ0v) is 18.2. The highest BCUT2D eigenvalue weighted by atomic mass is 19.1. The number of hydrogen-bond acceptors (Lipinski definition) is 5. The molecule has 1 aliphatic rings. The van der Waals surface area contributed by atoms with Crippen molar-refractivity contribution in [2.24, 2.45) is 4.99 Å². The predicted molar refractivity (Wildman–Crippen MR) is 118 cm³/mol. The average molecular weight is 426 g/mol. The Bertz CT molecular complexity index is 965. The number of halogens is 1. The van der Waals surface area contributed by atoms with E-state index in [-0.39, 0.29) is 12.4 Å². The van der Waals surface area contributed by atoms with Gasteiger partial charge in [0, 0.05) is 51.9 Å². The van der Waals surface area contributed by atoms with E-state index in [1.807, 2.05) is 18.2 Å². The third kappa shape index (κ3) is 5.64. The molecule has 1 fully saturated rings. The van der Waals surface area contributed by atoms with Crippen LogP contribution in [0.4, 0.5) is 4.39 Å². The number of benzene rings is 2. The summed E-state index contributed by atoms with van der Waals surface area (Å²) < 4.78 is 24.7. The Labute approximate surface area is 182 Å². The maximum absolute atomic E-state index is 14.0. The first-order valence-electron chi connectivity index (χ1n) is 10.1. The molecule has 7 nitrogen and oxygen atoms in total. The zero-order chi connectivity index (χ0) is 22.2. The summed E-state index contributed by atoms with van der Waals surface area (Å²) in [4.78, 5) is 8.88. The number of hydrogen-bond donors (Lipinski definition) is 1. The van der Waals surface area contributed by atoms with E-state index in [4.69, 9.17) is 14.7 Å². The summed E-state index contributed by atoms with van der Waals surface area (Å²) in [6.45, 7) is 4.49. The van der Waals surface area contributed by atoms with Crippen molar-refractivity contribution in [3.8, 4) is 17.6 Å². The van der Waals surface area contributed by atoms with Crippen molar-refractivity contribution in [2.45, 2.75) is 13.1 Å². The first-order chi connectivity index (χ1) is 15.1. The van der Waals surface area contributed by atoms with Crippen LogP contribution >= 0.6 is 0 Å². The van der Waals surface area contributed by atoms with Crippen LogP contribution in [0.5, 0.6) is 11.5 Å². The van der Waals surface area contributed by atoms with Gasteiger partial charge in [0.15, 0.2) is 17.5 Å². The first kappa shape index (κ1) is 22.4. The van der Waals surface area contributed by atoms with Gasteiger partial charge in [-0.1, -0.05) is 6.07 Å². The van der Waals surface area contributed by atoms with E-state index >= 15 is 0 Å². The molecule has 0 radical (unpaired) electrons. The topological polar surface area (TPSA) is 73.1 Å². The fraction of sp³-hybridized carbons (Fsp3) is 0.391. The van der Waals surface area contributed by atoms with Crippen molar-refractivity contribution < 1.29 is 13.9 Å². The molecule has 8 heteroatoms. The third-order valence-electron chi connectivity index (χ3n) is 5.35. The number of ether oxygens (including phenoxy) is 2. The Hall–Kier alpha value is -3.31. The lowest BCUT2D eigenvalue weighted by Crippen LogP contribution is -2.52. The lowest BCUT2D eigenvalue weighted by molar-refractivity contribution is 0.172. The molecule has 3 rings (SSSR count). The number of rotatable bonds is 6. The summed E-state index contributed by atoms with van der Waals surface area (Å²) in [6.07, 6.45) is 0. The van der Waals surface area contributed by atoms with E-state index < -0.39 is 0 Å². The zero-order valence-electron chi connectivity index (χ0n) is 18.2. The molecule has 0 amide bonds. The predicted octanol–water partition coefficient (Wildman–Crippen LogP) is 2.61. The Balaban J connectivity index is 1.54. The standard InChI is InChI=1S/C23H28FN5O2/c1-26-23(27-15-19-12-17(14-25)4-6-20(19)24)29-10-8-28(9-11-29)16-18-5-7-21(30-2)22(13-18)31-3/h4-7,12-13H,8-11,15-16H2,1-3H3,(H,26,27). The van der Waals surface area contributed by atoms with E-state index in [2.05, 4.69) is 26.2 Å². The molecule has 164 valence electrons. The second-order valence-corrected chi connectivity index (χ2v) is 7.27. The molecule has 0 bridgehead atoms. The van der Waals surface area contributed by atoms with Crippen LogP contribution in [-0.2, 0) is 13.1 Å². The van der Waals surface area contributed by atoms with Gasteiger partial charge in [0.2, 0.25) is 0 Å². The van der Waals surface area contributed by atoms with E-state index in [1.54, 1.807) is 27.3 Å². The molecule has 1 aliphatic heterocycles. The van der Waals surface area contributed by atoms with Gasteiger partial charge in [0.1, 0.15) is 5.82 Å². The van der Waals surface area contributed by atoms with Crippen molar-refractivity contribution in [1.29, 1.82) is 5.26 Å². The van der Waals surface area contributed by atoms with Crippen LogP contribution in [0.2, 0.25) is 0 Å².